The summed E-state index contributed by atoms with van der Waals surface area (Å²) in [5.74, 6) is 1.96. The molecule has 0 unspecified atom stereocenters. The molecule has 1 heterocycles. The van der Waals surface area contributed by atoms with Gasteiger partial charge < -0.3 is 0 Å². The molecular formula is C11H16ClNS. The number of nitrogens with zero attached hydrogens (tertiary/aromatic N) is 1. The van der Waals surface area contributed by atoms with Gasteiger partial charge in [-0.1, -0.05) is 18.9 Å². The molecule has 0 aliphatic rings. The van der Waals surface area contributed by atoms with Crippen LogP contribution in [0.25, 0.3) is 0 Å². The molecular weight excluding hydrogens is 214 g/mol. The van der Waals surface area contributed by atoms with E-state index in [1.807, 2.05) is 30.1 Å². The fraction of sp³-hybridized carbons (Fsp3) is 0.545. The van der Waals surface area contributed by atoms with E-state index < -0.39 is 0 Å². The Balaban J connectivity index is 1.99. The number of hydrogen-bond donors (Lipinski definition) is 0. The molecule has 1 nitrogen and oxygen atoms in total. The van der Waals surface area contributed by atoms with Gasteiger partial charge in [-0.3, -0.25) is 0 Å². The lowest BCUT2D eigenvalue weighted by molar-refractivity contribution is 0.709. The van der Waals surface area contributed by atoms with Crippen LogP contribution in [-0.4, -0.2) is 16.6 Å². The molecule has 1 aromatic rings. The fourth-order valence-electron chi connectivity index (χ4n) is 1.16. The molecule has 1 rings (SSSR count). The van der Waals surface area contributed by atoms with Gasteiger partial charge in [-0.05, 0) is 30.7 Å². The second-order valence-electron chi connectivity index (χ2n) is 3.12. The topological polar surface area (TPSA) is 12.9 Å². The zero-order valence-corrected chi connectivity index (χ0v) is 9.86. The van der Waals surface area contributed by atoms with Crippen LogP contribution >= 0.6 is 23.4 Å². The third-order valence-electron chi connectivity index (χ3n) is 1.92. The van der Waals surface area contributed by atoms with Crippen molar-refractivity contribution in [1.29, 1.82) is 0 Å². The molecule has 3 heteroatoms. The second kappa shape index (κ2) is 8.13. The maximum absolute atomic E-state index is 5.60. The van der Waals surface area contributed by atoms with Crippen molar-refractivity contribution in [2.75, 3.05) is 11.6 Å². The van der Waals surface area contributed by atoms with Crippen LogP contribution in [0.1, 0.15) is 25.7 Å². The summed E-state index contributed by atoms with van der Waals surface area (Å²) in [6, 6.07) is 6.04. The summed E-state index contributed by atoms with van der Waals surface area (Å²) in [5, 5.41) is 1.13. The molecule has 0 saturated carbocycles. The number of rotatable bonds is 7. The van der Waals surface area contributed by atoms with Crippen LogP contribution in [0, 0.1) is 0 Å². The van der Waals surface area contributed by atoms with E-state index in [4.69, 9.17) is 11.6 Å². The number of alkyl halides is 1. The van der Waals surface area contributed by atoms with E-state index in [1.54, 1.807) is 0 Å². The van der Waals surface area contributed by atoms with Crippen LogP contribution in [0.5, 0.6) is 0 Å². The van der Waals surface area contributed by atoms with Crippen molar-refractivity contribution in [2.45, 2.75) is 30.7 Å². The van der Waals surface area contributed by atoms with Crippen LogP contribution in [0.4, 0.5) is 0 Å². The molecule has 1 aromatic heterocycles. The Bertz CT molecular complexity index is 228. The maximum atomic E-state index is 5.60. The number of hydrogen-bond acceptors (Lipinski definition) is 2. The summed E-state index contributed by atoms with van der Waals surface area (Å²) < 4.78 is 0. The average Bonchev–Trinajstić information content (AvgIpc) is 2.25. The highest BCUT2D eigenvalue weighted by Gasteiger charge is 1.93. The average molecular weight is 230 g/mol. The van der Waals surface area contributed by atoms with E-state index in [0.29, 0.717) is 0 Å². The van der Waals surface area contributed by atoms with E-state index >= 15 is 0 Å². The van der Waals surface area contributed by atoms with Crippen LogP contribution in [-0.2, 0) is 0 Å². The van der Waals surface area contributed by atoms with Crippen molar-refractivity contribution in [2.24, 2.45) is 0 Å². The molecule has 14 heavy (non-hydrogen) atoms. The molecule has 78 valence electrons. The van der Waals surface area contributed by atoms with Gasteiger partial charge in [-0.15, -0.1) is 23.4 Å². The van der Waals surface area contributed by atoms with E-state index in [2.05, 4.69) is 11.1 Å². The summed E-state index contributed by atoms with van der Waals surface area (Å²) >= 11 is 7.43. The SMILES string of the molecule is ClCCCCCCSc1ccccn1. The number of pyridine rings is 1. The Morgan fingerprint density at radius 2 is 2.00 bits per heavy atom. The highest BCUT2D eigenvalue weighted by atomic mass is 35.5. The number of thioether (sulfide) groups is 1. The summed E-state index contributed by atoms with van der Waals surface area (Å²) in [6.45, 7) is 0. The minimum absolute atomic E-state index is 0.799. The van der Waals surface area contributed by atoms with Crippen molar-refractivity contribution in [3.05, 3.63) is 24.4 Å². The highest BCUT2D eigenvalue weighted by molar-refractivity contribution is 7.99. The first-order valence-electron chi connectivity index (χ1n) is 5.03. The number of halogens is 1. The molecule has 0 bridgehead atoms. The van der Waals surface area contributed by atoms with Crippen molar-refractivity contribution >= 4 is 23.4 Å². The van der Waals surface area contributed by atoms with Gasteiger partial charge in [0.2, 0.25) is 0 Å². The summed E-state index contributed by atoms with van der Waals surface area (Å²) in [5.41, 5.74) is 0. The Morgan fingerprint density at radius 1 is 1.14 bits per heavy atom. The smallest absolute Gasteiger partial charge is 0.0959 e. The van der Waals surface area contributed by atoms with Gasteiger partial charge in [0.1, 0.15) is 0 Å². The molecule has 0 amide bonds. The normalized spacial score (nSPS) is 10.4. The molecule has 0 radical (unpaired) electrons. The van der Waals surface area contributed by atoms with E-state index in [0.717, 1.165) is 17.3 Å². The van der Waals surface area contributed by atoms with Crippen LogP contribution in [0.2, 0.25) is 0 Å². The zero-order chi connectivity index (χ0) is 10.1. The second-order valence-corrected chi connectivity index (χ2v) is 4.61. The highest BCUT2D eigenvalue weighted by Crippen LogP contribution is 2.16. The molecule has 0 atom stereocenters. The van der Waals surface area contributed by atoms with Gasteiger partial charge in [0.05, 0.1) is 5.03 Å². The molecule has 0 spiro atoms. The van der Waals surface area contributed by atoms with Gasteiger partial charge in [0.25, 0.3) is 0 Å². The van der Waals surface area contributed by atoms with Gasteiger partial charge >= 0.3 is 0 Å². The lowest BCUT2D eigenvalue weighted by atomic mass is 10.2. The quantitative estimate of drug-likeness (QED) is 0.399. The first kappa shape index (κ1) is 11.9. The lowest BCUT2D eigenvalue weighted by Crippen LogP contribution is -1.84. The van der Waals surface area contributed by atoms with Gasteiger partial charge in [0.15, 0.2) is 0 Å². The standard InChI is InChI=1S/C11H16ClNS/c12-8-4-1-2-6-10-14-11-7-3-5-9-13-11/h3,5,7,9H,1-2,4,6,8,10H2. The maximum Gasteiger partial charge on any atom is 0.0959 e. The summed E-state index contributed by atoms with van der Waals surface area (Å²) in [4.78, 5) is 4.25. The number of unbranched alkanes of at least 4 members (excludes halogenated alkanes) is 3. The Labute approximate surface area is 95.3 Å². The Kier molecular flexibility index (Phi) is 6.89. The van der Waals surface area contributed by atoms with E-state index in [-0.39, 0.29) is 0 Å². The predicted octanol–water partition coefficient (Wildman–Crippen LogP) is 3.97. The van der Waals surface area contributed by atoms with Gasteiger partial charge in [-0.2, -0.15) is 0 Å². The predicted molar refractivity (Wildman–Crippen MR) is 64.1 cm³/mol. The first-order chi connectivity index (χ1) is 6.93. The molecule has 0 aliphatic heterocycles. The molecule has 0 saturated heterocycles. The van der Waals surface area contributed by atoms with Crippen LogP contribution in [0.15, 0.2) is 29.4 Å². The minimum Gasteiger partial charge on any atom is -0.250 e. The molecule has 0 aromatic carbocycles. The van der Waals surface area contributed by atoms with Crippen LogP contribution < -0.4 is 0 Å². The Hall–Kier alpha value is -0.210. The van der Waals surface area contributed by atoms with E-state index in [1.165, 1.54) is 25.0 Å². The molecule has 0 fully saturated rings. The monoisotopic (exact) mass is 229 g/mol. The zero-order valence-electron chi connectivity index (χ0n) is 8.29. The summed E-state index contributed by atoms with van der Waals surface area (Å²) in [6.07, 6.45) is 6.79. The summed E-state index contributed by atoms with van der Waals surface area (Å²) in [7, 11) is 0. The van der Waals surface area contributed by atoms with Crippen molar-refractivity contribution in [1.82, 2.24) is 4.98 Å². The van der Waals surface area contributed by atoms with Crippen LogP contribution in [0.3, 0.4) is 0 Å². The third-order valence-corrected chi connectivity index (χ3v) is 3.21. The molecule has 0 N–H and O–H groups in total. The third kappa shape index (κ3) is 5.51. The Morgan fingerprint density at radius 3 is 2.71 bits per heavy atom. The van der Waals surface area contributed by atoms with Gasteiger partial charge in [0, 0.05) is 12.1 Å². The lowest BCUT2D eigenvalue weighted by Gasteiger charge is -2.00. The van der Waals surface area contributed by atoms with Crippen molar-refractivity contribution < 1.29 is 0 Å². The van der Waals surface area contributed by atoms with Gasteiger partial charge in [-0.25, -0.2) is 4.98 Å². The molecule has 0 aliphatic carbocycles. The fourth-order valence-corrected chi connectivity index (χ4v) is 2.22. The van der Waals surface area contributed by atoms with Crippen molar-refractivity contribution in [3.63, 3.8) is 0 Å². The first-order valence-corrected chi connectivity index (χ1v) is 6.55. The minimum atomic E-state index is 0.799. The van der Waals surface area contributed by atoms with Crippen molar-refractivity contribution in [3.8, 4) is 0 Å². The largest absolute Gasteiger partial charge is 0.250 e. The number of aromatic nitrogens is 1. The van der Waals surface area contributed by atoms with E-state index in [9.17, 15) is 0 Å².